The maximum Gasteiger partial charge on any atom is 0.231 e. The molecule has 29 heavy (non-hydrogen) atoms. The van der Waals surface area contributed by atoms with Crippen LogP contribution in [0, 0.1) is 0 Å². The molecule has 0 aliphatic carbocycles. The number of ether oxygens (including phenoxy) is 2. The first-order valence-corrected chi connectivity index (χ1v) is 10.5. The van der Waals surface area contributed by atoms with Crippen molar-refractivity contribution in [2.45, 2.75) is 45.1 Å². The van der Waals surface area contributed by atoms with Gasteiger partial charge in [0.1, 0.15) is 5.75 Å². The molecule has 6 heteroatoms. The second kappa shape index (κ2) is 8.82. The van der Waals surface area contributed by atoms with E-state index in [-0.39, 0.29) is 5.91 Å². The fraction of sp³-hybridized carbons (Fsp3) is 0.478. The molecule has 2 aromatic rings. The van der Waals surface area contributed by atoms with Crippen molar-refractivity contribution in [3.8, 4) is 11.6 Å². The van der Waals surface area contributed by atoms with E-state index in [0.717, 1.165) is 42.1 Å². The molecule has 2 aliphatic heterocycles. The summed E-state index contributed by atoms with van der Waals surface area (Å²) in [5, 5.41) is 0. The SMILES string of the molecule is COc1ccc(N2C(=O)CCc3cc(OCCCN4CCC[C@H]4C)ccc32)cn1. The molecule has 1 amide bonds. The maximum absolute atomic E-state index is 12.6. The minimum Gasteiger partial charge on any atom is -0.494 e. The molecular weight excluding hydrogens is 366 g/mol. The van der Waals surface area contributed by atoms with Gasteiger partial charge in [0.2, 0.25) is 11.8 Å². The summed E-state index contributed by atoms with van der Waals surface area (Å²) < 4.78 is 11.1. The van der Waals surface area contributed by atoms with Gasteiger partial charge in [-0.25, -0.2) is 4.98 Å². The number of nitrogens with zero attached hydrogens (tertiary/aromatic N) is 3. The highest BCUT2D eigenvalue weighted by molar-refractivity contribution is 6.03. The standard InChI is InChI=1S/C23H29N3O3/c1-17-5-3-12-25(17)13-4-14-29-20-8-9-21-18(15-20)6-11-23(27)26(21)19-7-10-22(28-2)24-16-19/h7-10,15-17H,3-6,11-14H2,1-2H3/t17-/m1/s1. The van der Waals surface area contributed by atoms with Crippen LogP contribution in [-0.4, -0.2) is 48.6 Å². The van der Waals surface area contributed by atoms with Crippen molar-refractivity contribution in [2.75, 3.05) is 31.7 Å². The van der Waals surface area contributed by atoms with Crippen LogP contribution in [0.1, 0.15) is 38.2 Å². The van der Waals surface area contributed by atoms with Crippen LogP contribution in [0.2, 0.25) is 0 Å². The number of hydrogen-bond donors (Lipinski definition) is 0. The molecule has 0 bridgehead atoms. The van der Waals surface area contributed by atoms with Crippen molar-refractivity contribution in [3.05, 3.63) is 42.1 Å². The second-order valence-corrected chi connectivity index (χ2v) is 7.81. The fourth-order valence-corrected chi connectivity index (χ4v) is 4.25. The van der Waals surface area contributed by atoms with E-state index in [1.54, 1.807) is 24.3 Å². The third-order valence-corrected chi connectivity index (χ3v) is 5.89. The third kappa shape index (κ3) is 4.37. The van der Waals surface area contributed by atoms with Crippen LogP contribution >= 0.6 is 0 Å². The quantitative estimate of drug-likeness (QED) is 0.665. The first kappa shape index (κ1) is 19.7. The number of fused-ring (bicyclic) bond motifs is 1. The number of hydrogen-bond acceptors (Lipinski definition) is 5. The first-order chi connectivity index (χ1) is 14.2. The molecule has 1 atom stereocenters. The molecule has 1 aromatic heterocycles. The van der Waals surface area contributed by atoms with Crippen LogP contribution in [0.5, 0.6) is 11.6 Å². The Morgan fingerprint density at radius 2 is 2.10 bits per heavy atom. The number of benzene rings is 1. The van der Waals surface area contributed by atoms with E-state index < -0.39 is 0 Å². The molecule has 1 saturated heterocycles. The van der Waals surface area contributed by atoms with Crippen LogP contribution in [0.3, 0.4) is 0 Å². The van der Waals surface area contributed by atoms with Gasteiger partial charge in [0.15, 0.2) is 0 Å². The summed E-state index contributed by atoms with van der Waals surface area (Å²) in [5.74, 6) is 1.49. The number of anilines is 2. The number of aromatic nitrogens is 1. The Kier molecular flexibility index (Phi) is 6.00. The minimum atomic E-state index is 0.0814. The molecule has 3 heterocycles. The van der Waals surface area contributed by atoms with E-state index in [2.05, 4.69) is 22.9 Å². The van der Waals surface area contributed by atoms with Gasteiger partial charge in [0, 0.05) is 25.1 Å². The van der Waals surface area contributed by atoms with Gasteiger partial charge in [-0.05, 0) is 69.0 Å². The first-order valence-electron chi connectivity index (χ1n) is 10.5. The number of methoxy groups -OCH3 is 1. The van der Waals surface area contributed by atoms with E-state index >= 15 is 0 Å². The summed E-state index contributed by atoms with van der Waals surface area (Å²) in [4.78, 5) is 21.1. The van der Waals surface area contributed by atoms with Crippen molar-refractivity contribution in [1.82, 2.24) is 9.88 Å². The number of amides is 1. The summed E-state index contributed by atoms with van der Waals surface area (Å²) in [6.45, 7) is 5.33. The highest BCUT2D eigenvalue weighted by atomic mass is 16.5. The Morgan fingerprint density at radius 1 is 1.21 bits per heavy atom. The Hall–Kier alpha value is -2.60. The van der Waals surface area contributed by atoms with Gasteiger partial charge in [-0.3, -0.25) is 9.69 Å². The fourth-order valence-electron chi connectivity index (χ4n) is 4.25. The molecule has 0 unspecified atom stereocenters. The number of likely N-dealkylation sites (tertiary alicyclic amines) is 1. The average molecular weight is 396 g/mol. The lowest BCUT2D eigenvalue weighted by Gasteiger charge is -2.29. The zero-order valence-corrected chi connectivity index (χ0v) is 17.3. The highest BCUT2D eigenvalue weighted by Gasteiger charge is 2.26. The molecule has 6 nitrogen and oxygen atoms in total. The Bertz CT molecular complexity index is 853. The van der Waals surface area contributed by atoms with Crippen molar-refractivity contribution in [3.63, 3.8) is 0 Å². The normalized spacial score (nSPS) is 19.3. The molecular formula is C23H29N3O3. The van der Waals surface area contributed by atoms with E-state index in [9.17, 15) is 4.79 Å². The third-order valence-electron chi connectivity index (χ3n) is 5.89. The Labute approximate surface area is 172 Å². The van der Waals surface area contributed by atoms with Gasteiger partial charge in [0.05, 0.1) is 31.3 Å². The van der Waals surface area contributed by atoms with E-state index in [0.29, 0.717) is 24.9 Å². The number of carbonyl (C=O) groups excluding carboxylic acids is 1. The Morgan fingerprint density at radius 3 is 2.83 bits per heavy atom. The van der Waals surface area contributed by atoms with Gasteiger partial charge in [-0.2, -0.15) is 0 Å². The number of aryl methyl sites for hydroxylation is 1. The lowest BCUT2D eigenvalue weighted by atomic mass is 10.0. The summed E-state index contributed by atoms with van der Waals surface area (Å²) in [7, 11) is 1.58. The molecule has 0 saturated carbocycles. The van der Waals surface area contributed by atoms with Crippen LogP contribution < -0.4 is 14.4 Å². The van der Waals surface area contributed by atoms with Gasteiger partial charge >= 0.3 is 0 Å². The summed E-state index contributed by atoms with van der Waals surface area (Å²) in [5.41, 5.74) is 2.79. The summed E-state index contributed by atoms with van der Waals surface area (Å²) in [6, 6.07) is 10.4. The molecule has 154 valence electrons. The Balaban J connectivity index is 1.41. The molecule has 0 radical (unpaired) electrons. The lowest BCUT2D eigenvalue weighted by Crippen LogP contribution is -2.30. The van der Waals surface area contributed by atoms with E-state index in [4.69, 9.17) is 9.47 Å². The van der Waals surface area contributed by atoms with Crippen LogP contribution in [0.4, 0.5) is 11.4 Å². The molecule has 0 N–H and O–H groups in total. The van der Waals surface area contributed by atoms with Gasteiger partial charge in [-0.15, -0.1) is 0 Å². The van der Waals surface area contributed by atoms with E-state index in [1.165, 1.54) is 19.4 Å². The second-order valence-electron chi connectivity index (χ2n) is 7.81. The number of pyridine rings is 1. The van der Waals surface area contributed by atoms with Crippen molar-refractivity contribution in [1.29, 1.82) is 0 Å². The monoisotopic (exact) mass is 395 g/mol. The molecule has 1 fully saturated rings. The number of carbonyl (C=O) groups is 1. The van der Waals surface area contributed by atoms with Gasteiger partial charge in [-0.1, -0.05) is 0 Å². The van der Waals surface area contributed by atoms with Crippen LogP contribution in [0.25, 0.3) is 0 Å². The maximum atomic E-state index is 12.6. The van der Waals surface area contributed by atoms with Gasteiger partial charge < -0.3 is 14.4 Å². The average Bonchev–Trinajstić information content (AvgIpc) is 3.16. The predicted octanol–water partition coefficient (Wildman–Crippen LogP) is 3.95. The molecule has 2 aliphatic rings. The lowest BCUT2D eigenvalue weighted by molar-refractivity contribution is -0.118. The van der Waals surface area contributed by atoms with Crippen LogP contribution in [-0.2, 0) is 11.2 Å². The topological polar surface area (TPSA) is 54.9 Å². The summed E-state index contributed by atoms with van der Waals surface area (Å²) >= 11 is 0. The minimum absolute atomic E-state index is 0.0814. The zero-order valence-electron chi connectivity index (χ0n) is 17.3. The predicted molar refractivity (Wildman–Crippen MR) is 113 cm³/mol. The van der Waals surface area contributed by atoms with Gasteiger partial charge in [0.25, 0.3) is 0 Å². The van der Waals surface area contributed by atoms with Crippen molar-refractivity contribution >= 4 is 17.3 Å². The zero-order chi connectivity index (χ0) is 20.2. The van der Waals surface area contributed by atoms with E-state index in [1.807, 2.05) is 18.2 Å². The molecule has 4 rings (SSSR count). The highest BCUT2D eigenvalue weighted by Crippen LogP contribution is 2.36. The smallest absolute Gasteiger partial charge is 0.231 e. The number of rotatable bonds is 7. The van der Waals surface area contributed by atoms with Crippen molar-refractivity contribution < 1.29 is 14.3 Å². The van der Waals surface area contributed by atoms with Crippen LogP contribution in [0.15, 0.2) is 36.5 Å². The summed E-state index contributed by atoms with van der Waals surface area (Å²) in [6.07, 6.45) is 6.54. The molecule has 0 spiro atoms. The largest absolute Gasteiger partial charge is 0.494 e. The van der Waals surface area contributed by atoms with Crippen molar-refractivity contribution in [2.24, 2.45) is 0 Å². The molecule has 1 aromatic carbocycles.